The van der Waals surface area contributed by atoms with Crippen LogP contribution in [0.15, 0.2) is 65.2 Å². The van der Waals surface area contributed by atoms with E-state index in [0.29, 0.717) is 22.2 Å². The smallest absolute Gasteiger partial charge is 0.416 e. The van der Waals surface area contributed by atoms with E-state index in [2.05, 4.69) is 10.3 Å². The molecule has 4 aromatic rings. The van der Waals surface area contributed by atoms with E-state index >= 15 is 0 Å². The monoisotopic (exact) mass is 559 g/mol. The van der Waals surface area contributed by atoms with Crippen LogP contribution in [0.4, 0.5) is 27.6 Å². The Hall–Kier alpha value is -4.28. The Labute approximate surface area is 226 Å². The van der Waals surface area contributed by atoms with Crippen molar-refractivity contribution in [1.82, 2.24) is 10.3 Å². The number of anilines is 1. The van der Waals surface area contributed by atoms with E-state index in [9.17, 15) is 31.5 Å². The molecule has 0 saturated heterocycles. The van der Waals surface area contributed by atoms with Crippen molar-refractivity contribution in [1.29, 1.82) is 0 Å². The van der Waals surface area contributed by atoms with Crippen LogP contribution in [-0.2, 0) is 17.5 Å². The number of amides is 2. The summed E-state index contributed by atoms with van der Waals surface area (Å²) in [7, 11) is 1.48. The lowest BCUT2D eigenvalue weighted by atomic mass is 10.1. The second-order valence-corrected chi connectivity index (χ2v) is 9.82. The average molecular weight is 560 g/mol. The van der Waals surface area contributed by atoms with Crippen LogP contribution in [0.5, 0.6) is 0 Å². The molecule has 0 bridgehead atoms. The second kappa shape index (κ2) is 10.7. The number of alkyl halides is 5. The molecule has 0 aliphatic heterocycles. The van der Waals surface area contributed by atoms with Crippen LogP contribution >= 0.6 is 0 Å². The first kappa shape index (κ1) is 28.7. The van der Waals surface area contributed by atoms with E-state index in [0.717, 1.165) is 26.0 Å². The summed E-state index contributed by atoms with van der Waals surface area (Å²) in [5.74, 6) is -1.22. The standard InChI is InChI=1S/C29H26F5N3O3/c1-16(30)25-22(10-17(14-35-25)15-36-27(39)28(2,3)31)26(38)37(4)21-8-9-23-19(12-21)13-24(40-23)18-6-5-7-20(11-18)29(32,33)34/h5-14,16H,15H2,1-4H3,(H,36,39). The van der Waals surface area contributed by atoms with Crippen LogP contribution < -0.4 is 10.2 Å². The number of hydrogen-bond acceptors (Lipinski definition) is 4. The van der Waals surface area contributed by atoms with Gasteiger partial charge in [0.1, 0.15) is 17.5 Å². The van der Waals surface area contributed by atoms with Crippen molar-refractivity contribution < 1.29 is 36.0 Å². The van der Waals surface area contributed by atoms with Crippen LogP contribution in [0.2, 0.25) is 0 Å². The zero-order valence-corrected chi connectivity index (χ0v) is 22.1. The number of furan rings is 1. The van der Waals surface area contributed by atoms with Gasteiger partial charge in [-0.2, -0.15) is 13.2 Å². The first-order valence-electron chi connectivity index (χ1n) is 12.2. The molecule has 0 spiro atoms. The number of nitrogens with zero attached hydrogens (tertiary/aromatic N) is 2. The van der Waals surface area contributed by atoms with Gasteiger partial charge in [0.2, 0.25) is 0 Å². The van der Waals surface area contributed by atoms with Gasteiger partial charge in [0.25, 0.3) is 11.8 Å². The Bertz CT molecular complexity index is 1570. The van der Waals surface area contributed by atoms with Crippen molar-refractivity contribution in [2.75, 3.05) is 11.9 Å². The molecule has 40 heavy (non-hydrogen) atoms. The lowest BCUT2D eigenvalue weighted by molar-refractivity contribution is -0.137. The minimum Gasteiger partial charge on any atom is -0.456 e. The normalized spacial score (nSPS) is 12.8. The van der Waals surface area contributed by atoms with E-state index in [1.807, 2.05) is 0 Å². The van der Waals surface area contributed by atoms with Crippen LogP contribution in [0.25, 0.3) is 22.3 Å². The van der Waals surface area contributed by atoms with Gasteiger partial charge in [0.15, 0.2) is 5.67 Å². The number of fused-ring (bicyclic) bond motifs is 1. The summed E-state index contributed by atoms with van der Waals surface area (Å²) in [6, 6.07) is 12.5. The molecule has 1 atom stereocenters. The van der Waals surface area contributed by atoms with E-state index < -0.39 is 35.4 Å². The molecule has 0 aliphatic carbocycles. The van der Waals surface area contributed by atoms with Crippen molar-refractivity contribution in [3.05, 3.63) is 83.2 Å². The SMILES string of the molecule is CC(F)c1ncc(CNC(=O)C(C)(C)F)cc1C(=O)N(C)c1ccc2oc(-c3cccc(C(F)(F)F)c3)cc2c1. The highest BCUT2D eigenvalue weighted by atomic mass is 19.4. The minimum absolute atomic E-state index is 0.0410. The Morgan fingerprint density at radius 3 is 2.42 bits per heavy atom. The number of aromatic nitrogens is 1. The van der Waals surface area contributed by atoms with Crippen molar-refractivity contribution >= 4 is 28.5 Å². The Morgan fingerprint density at radius 1 is 1.05 bits per heavy atom. The van der Waals surface area contributed by atoms with Crippen LogP contribution in [0, 0.1) is 0 Å². The predicted octanol–water partition coefficient (Wildman–Crippen LogP) is 7.19. The summed E-state index contributed by atoms with van der Waals surface area (Å²) in [5.41, 5.74) is -1.64. The van der Waals surface area contributed by atoms with Gasteiger partial charge in [0.05, 0.1) is 16.8 Å². The lowest BCUT2D eigenvalue weighted by Gasteiger charge is -2.20. The van der Waals surface area contributed by atoms with Gasteiger partial charge in [0, 0.05) is 36.4 Å². The van der Waals surface area contributed by atoms with Gasteiger partial charge in [-0.25, -0.2) is 8.78 Å². The molecular weight excluding hydrogens is 533 g/mol. The molecule has 2 aromatic heterocycles. The van der Waals surface area contributed by atoms with E-state index in [4.69, 9.17) is 4.42 Å². The molecule has 11 heteroatoms. The van der Waals surface area contributed by atoms with Gasteiger partial charge in [-0.1, -0.05) is 12.1 Å². The third-order valence-corrected chi connectivity index (χ3v) is 6.24. The van der Waals surface area contributed by atoms with Gasteiger partial charge >= 0.3 is 6.18 Å². The minimum atomic E-state index is -4.50. The molecule has 2 amide bonds. The summed E-state index contributed by atoms with van der Waals surface area (Å²) in [5, 5.41) is 2.95. The fourth-order valence-electron chi connectivity index (χ4n) is 4.02. The first-order valence-corrected chi connectivity index (χ1v) is 12.2. The van der Waals surface area contributed by atoms with Crippen LogP contribution in [-0.4, -0.2) is 29.5 Å². The highest BCUT2D eigenvalue weighted by Gasteiger charge is 2.31. The number of nitrogens with one attached hydrogen (secondary N) is 1. The van der Waals surface area contributed by atoms with E-state index in [-0.39, 0.29) is 29.1 Å². The fraction of sp³-hybridized carbons (Fsp3) is 0.276. The van der Waals surface area contributed by atoms with Crippen LogP contribution in [0.3, 0.4) is 0 Å². The summed E-state index contributed by atoms with van der Waals surface area (Å²) < 4.78 is 73.4. The topological polar surface area (TPSA) is 75.4 Å². The maximum absolute atomic E-state index is 14.4. The van der Waals surface area contributed by atoms with Gasteiger partial charge < -0.3 is 14.6 Å². The Balaban J connectivity index is 1.62. The Kier molecular flexibility index (Phi) is 7.69. The van der Waals surface area contributed by atoms with Crippen LogP contribution in [0.1, 0.15) is 54.1 Å². The number of carbonyl (C=O) groups excluding carboxylic acids is 2. The zero-order valence-electron chi connectivity index (χ0n) is 22.1. The summed E-state index contributed by atoms with van der Waals surface area (Å²) in [4.78, 5) is 30.7. The van der Waals surface area contributed by atoms with Crippen molar-refractivity contribution in [2.45, 2.75) is 45.3 Å². The molecule has 2 heterocycles. The predicted molar refractivity (Wildman–Crippen MR) is 140 cm³/mol. The fourth-order valence-corrected chi connectivity index (χ4v) is 4.02. The average Bonchev–Trinajstić information content (AvgIpc) is 3.33. The molecule has 1 N–H and O–H groups in total. The van der Waals surface area contributed by atoms with Gasteiger partial charge in [-0.05, 0) is 68.8 Å². The number of carbonyl (C=O) groups is 2. The highest BCUT2D eigenvalue weighted by molar-refractivity contribution is 6.07. The highest BCUT2D eigenvalue weighted by Crippen LogP contribution is 2.35. The third-order valence-electron chi connectivity index (χ3n) is 6.24. The van der Waals surface area contributed by atoms with Crippen molar-refractivity contribution in [2.24, 2.45) is 0 Å². The molecule has 2 aromatic carbocycles. The number of rotatable bonds is 7. The molecule has 0 saturated carbocycles. The molecule has 0 aliphatic rings. The molecule has 6 nitrogen and oxygen atoms in total. The van der Waals surface area contributed by atoms with Crippen molar-refractivity contribution in [3.63, 3.8) is 0 Å². The largest absolute Gasteiger partial charge is 0.456 e. The molecule has 210 valence electrons. The molecule has 4 rings (SSSR count). The van der Waals surface area contributed by atoms with E-state index in [1.54, 1.807) is 24.3 Å². The van der Waals surface area contributed by atoms with Gasteiger partial charge in [-0.3, -0.25) is 14.6 Å². The number of pyridine rings is 1. The summed E-state index contributed by atoms with van der Waals surface area (Å²) >= 11 is 0. The third kappa shape index (κ3) is 6.13. The van der Waals surface area contributed by atoms with E-state index in [1.165, 1.54) is 43.3 Å². The summed E-state index contributed by atoms with van der Waals surface area (Å²) in [6.45, 7) is 3.33. The van der Waals surface area contributed by atoms with Crippen molar-refractivity contribution in [3.8, 4) is 11.3 Å². The van der Waals surface area contributed by atoms with Gasteiger partial charge in [-0.15, -0.1) is 0 Å². The molecule has 1 unspecified atom stereocenters. The quantitative estimate of drug-likeness (QED) is 0.243. The molecule has 0 fully saturated rings. The second-order valence-electron chi connectivity index (χ2n) is 9.82. The maximum atomic E-state index is 14.4. The molecule has 0 radical (unpaired) electrons. The zero-order chi connectivity index (χ0) is 29.4. The number of hydrogen-bond donors (Lipinski definition) is 1. The lowest BCUT2D eigenvalue weighted by Crippen LogP contribution is -2.38. The molecular formula is C29H26F5N3O3. The number of benzene rings is 2. The number of halogens is 5. The maximum Gasteiger partial charge on any atom is 0.416 e. The Morgan fingerprint density at radius 2 is 1.77 bits per heavy atom. The first-order chi connectivity index (χ1) is 18.6. The summed E-state index contributed by atoms with van der Waals surface area (Å²) in [6.07, 6.45) is -4.77.